The molecule has 0 bridgehead atoms. The number of hydrogen-bond donors (Lipinski definition) is 1. The molecule has 1 saturated carbocycles. The van der Waals surface area contributed by atoms with Gasteiger partial charge in [-0.1, -0.05) is 24.6 Å². The fraction of sp³-hybridized carbons (Fsp3) is 0.562. The fourth-order valence-corrected chi connectivity index (χ4v) is 2.99. The third-order valence-corrected chi connectivity index (χ3v) is 4.24. The summed E-state index contributed by atoms with van der Waals surface area (Å²) in [5.41, 5.74) is 3.53. The molecule has 1 fully saturated rings. The van der Waals surface area contributed by atoms with Crippen molar-refractivity contribution in [1.82, 2.24) is 5.32 Å². The Balaban J connectivity index is 1.83. The predicted octanol–water partition coefficient (Wildman–Crippen LogP) is 2.90. The highest BCUT2D eigenvalue weighted by atomic mass is 16.5. The highest BCUT2D eigenvalue weighted by Gasteiger charge is 2.40. The van der Waals surface area contributed by atoms with Crippen molar-refractivity contribution in [1.29, 1.82) is 0 Å². The number of amides is 1. The maximum absolute atomic E-state index is 12.1. The molecule has 0 aromatic heterocycles. The van der Waals surface area contributed by atoms with E-state index in [-0.39, 0.29) is 17.9 Å². The summed E-state index contributed by atoms with van der Waals surface area (Å²) in [6.45, 7) is 6.97. The Morgan fingerprint density at radius 2 is 2.11 bits per heavy atom. The van der Waals surface area contributed by atoms with Crippen LogP contribution in [-0.4, -0.2) is 12.5 Å². The average Bonchev–Trinajstić information content (AvgIpc) is 3.07. The second-order valence-electron chi connectivity index (χ2n) is 6.02. The Kier molecular flexibility index (Phi) is 3.00. The van der Waals surface area contributed by atoms with E-state index in [2.05, 4.69) is 38.2 Å². The Morgan fingerprint density at radius 1 is 1.37 bits per heavy atom. The summed E-state index contributed by atoms with van der Waals surface area (Å²) in [4.78, 5) is 12.1. The number of fused-ring (bicyclic) bond motifs is 1. The van der Waals surface area contributed by atoms with Gasteiger partial charge in [0.1, 0.15) is 5.75 Å². The van der Waals surface area contributed by atoms with Crippen molar-refractivity contribution >= 4 is 5.91 Å². The number of aryl methyl sites for hydroxylation is 2. The van der Waals surface area contributed by atoms with E-state index in [4.69, 9.17) is 4.74 Å². The lowest BCUT2D eigenvalue weighted by atomic mass is 9.95. The monoisotopic (exact) mass is 259 g/mol. The maximum atomic E-state index is 12.1. The summed E-state index contributed by atoms with van der Waals surface area (Å²) in [5.74, 6) is 1.96. The molecule has 3 atom stereocenters. The van der Waals surface area contributed by atoms with Gasteiger partial charge in [0.15, 0.2) is 0 Å². The largest absolute Gasteiger partial charge is 0.493 e. The number of nitrogens with one attached hydrogen (secondary N) is 1. The van der Waals surface area contributed by atoms with Crippen LogP contribution in [-0.2, 0) is 4.79 Å². The van der Waals surface area contributed by atoms with E-state index in [1.54, 1.807) is 0 Å². The van der Waals surface area contributed by atoms with E-state index in [9.17, 15) is 4.79 Å². The Bertz CT molecular complexity index is 524. The Morgan fingerprint density at radius 3 is 2.79 bits per heavy atom. The summed E-state index contributed by atoms with van der Waals surface area (Å²) in [6, 6.07) is 4.39. The molecule has 1 aromatic carbocycles. The third kappa shape index (κ3) is 2.34. The van der Waals surface area contributed by atoms with E-state index in [1.165, 1.54) is 5.56 Å². The summed E-state index contributed by atoms with van der Waals surface area (Å²) in [7, 11) is 0. The van der Waals surface area contributed by atoms with Gasteiger partial charge in [-0.3, -0.25) is 4.79 Å². The predicted molar refractivity (Wildman–Crippen MR) is 74.2 cm³/mol. The molecule has 1 aliphatic heterocycles. The quantitative estimate of drug-likeness (QED) is 0.887. The minimum Gasteiger partial charge on any atom is -0.493 e. The van der Waals surface area contributed by atoms with E-state index in [1.807, 2.05) is 0 Å². The van der Waals surface area contributed by atoms with Crippen LogP contribution in [0.2, 0.25) is 0 Å². The second kappa shape index (κ2) is 4.55. The van der Waals surface area contributed by atoms with Gasteiger partial charge in [0, 0.05) is 17.9 Å². The smallest absolute Gasteiger partial charge is 0.223 e. The first-order valence-electron chi connectivity index (χ1n) is 7.10. The van der Waals surface area contributed by atoms with E-state index in [0.717, 1.165) is 29.7 Å². The van der Waals surface area contributed by atoms with Gasteiger partial charge in [0.25, 0.3) is 0 Å². The van der Waals surface area contributed by atoms with Crippen molar-refractivity contribution in [3.05, 3.63) is 28.8 Å². The van der Waals surface area contributed by atoms with Gasteiger partial charge in [0.2, 0.25) is 5.91 Å². The number of ether oxygens (including phenoxy) is 1. The molecular weight excluding hydrogens is 238 g/mol. The fourth-order valence-electron chi connectivity index (χ4n) is 2.99. The molecule has 102 valence electrons. The van der Waals surface area contributed by atoms with Gasteiger partial charge in [0.05, 0.1) is 12.6 Å². The summed E-state index contributed by atoms with van der Waals surface area (Å²) in [6.07, 6.45) is 1.90. The van der Waals surface area contributed by atoms with Crippen molar-refractivity contribution in [2.45, 2.75) is 39.7 Å². The summed E-state index contributed by atoms with van der Waals surface area (Å²) < 4.78 is 5.77. The first-order chi connectivity index (χ1) is 9.06. The van der Waals surface area contributed by atoms with Crippen molar-refractivity contribution in [3.8, 4) is 5.75 Å². The highest BCUT2D eigenvalue weighted by molar-refractivity contribution is 5.82. The summed E-state index contributed by atoms with van der Waals surface area (Å²) >= 11 is 0. The SMILES string of the molecule is Cc1cc(C)c2c(c1)[C@H](NC(=O)[C@@H]1C[C@H]1C)CCO2. The zero-order valence-corrected chi connectivity index (χ0v) is 11.8. The number of rotatable bonds is 2. The molecule has 1 aromatic rings. The average molecular weight is 259 g/mol. The molecule has 1 N–H and O–H groups in total. The van der Waals surface area contributed by atoms with Crippen LogP contribution in [0.1, 0.15) is 42.5 Å². The van der Waals surface area contributed by atoms with E-state index in [0.29, 0.717) is 12.5 Å². The number of hydrogen-bond acceptors (Lipinski definition) is 2. The molecule has 3 heteroatoms. The van der Waals surface area contributed by atoms with Gasteiger partial charge in [-0.25, -0.2) is 0 Å². The lowest BCUT2D eigenvalue weighted by molar-refractivity contribution is -0.123. The molecule has 3 rings (SSSR count). The van der Waals surface area contributed by atoms with Crippen LogP contribution < -0.4 is 10.1 Å². The molecule has 2 aliphatic rings. The summed E-state index contributed by atoms with van der Waals surface area (Å²) in [5, 5.41) is 3.20. The normalized spacial score (nSPS) is 28.3. The van der Waals surface area contributed by atoms with Gasteiger partial charge < -0.3 is 10.1 Å². The standard InChI is InChI=1S/C16H21NO2/c1-9-6-11(3)15-13(7-9)14(4-5-19-15)17-16(18)12-8-10(12)2/h6-7,10,12,14H,4-5,8H2,1-3H3,(H,17,18)/t10-,12-,14-/m1/s1. The van der Waals surface area contributed by atoms with E-state index < -0.39 is 0 Å². The number of benzene rings is 1. The topological polar surface area (TPSA) is 38.3 Å². The first-order valence-corrected chi connectivity index (χ1v) is 7.10. The van der Waals surface area contributed by atoms with Crippen LogP contribution in [0.25, 0.3) is 0 Å². The minimum absolute atomic E-state index is 0.114. The molecule has 0 unspecified atom stereocenters. The van der Waals surface area contributed by atoms with Crippen molar-refractivity contribution in [2.75, 3.05) is 6.61 Å². The van der Waals surface area contributed by atoms with Gasteiger partial charge in [-0.05, 0) is 31.7 Å². The molecule has 0 saturated heterocycles. The number of carbonyl (C=O) groups excluding carboxylic acids is 1. The number of carbonyl (C=O) groups is 1. The Labute approximate surface area is 114 Å². The van der Waals surface area contributed by atoms with Gasteiger partial charge in [-0.2, -0.15) is 0 Å². The molecule has 1 amide bonds. The maximum Gasteiger partial charge on any atom is 0.223 e. The lowest BCUT2D eigenvalue weighted by Gasteiger charge is -2.28. The van der Waals surface area contributed by atoms with Crippen molar-refractivity contribution in [3.63, 3.8) is 0 Å². The molecule has 0 radical (unpaired) electrons. The third-order valence-electron chi connectivity index (χ3n) is 4.24. The molecule has 1 heterocycles. The van der Waals surface area contributed by atoms with Gasteiger partial charge in [-0.15, -0.1) is 0 Å². The van der Waals surface area contributed by atoms with Crippen molar-refractivity contribution < 1.29 is 9.53 Å². The van der Waals surface area contributed by atoms with Crippen LogP contribution in [0, 0.1) is 25.7 Å². The zero-order valence-electron chi connectivity index (χ0n) is 11.8. The molecule has 0 spiro atoms. The first kappa shape index (κ1) is 12.5. The van der Waals surface area contributed by atoms with Crippen molar-refractivity contribution in [2.24, 2.45) is 11.8 Å². The zero-order chi connectivity index (χ0) is 13.6. The lowest BCUT2D eigenvalue weighted by Crippen LogP contribution is -2.33. The Hall–Kier alpha value is -1.51. The van der Waals surface area contributed by atoms with E-state index >= 15 is 0 Å². The molecule has 19 heavy (non-hydrogen) atoms. The minimum atomic E-state index is 0.114. The molecule has 1 aliphatic carbocycles. The van der Waals surface area contributed by atoms with Crippen LogP contribution in [0.15, 0.2) is 12.1 Å². The second-order valence-corrected chi connectivity index (χ2v) is 6.02. The van der Waals surface area contributed by atoms with Crippen LogP contribution in [0.4, 0.5) is 0 Å². The van der Waals surface area contributed by atoms with Crippen LogP contribution in [0.3, 0.4) is 0 Å². The van der Waals surface area contributed by atoms with Crippen LogP contribution >= 0.6 is 0 Å². The molecular formula is C16H21NO2. The van der Waals surface area contributed by atoms with Crippen LogP contribution in [0.5, 0.6) is 5.75 Å². The molecule has 3 nitrogen and oxygen atoms in total. The highest BCUT2D eigenvalue weighted by Crippen LogP contribution is 2.40. The van der Waals surface area contributed by atoms with Gasteiger partial charge >= 0.3 is 0 Å².